The summed E-state index contributed by atoms with van der Waals surface area (Å²) in [5, 5.41) is 0. The van der Waals surface area contributed by atoms with E-state index in [1.807, 2.05) is 0 Å². The molecule has 0 fully saturated rings. The zero-order valence-corrected chi connectivity index (χ0v) is 21.5. The van der Waals surface area contributed by atoms with Crippen LogP contribution in [0.2, 0.25) is 0 Å². The van der Waals surface area contributed by atoms with Crippen molar-refractivity contribution in [2.75, 3.05) is 0 Å². The van der Waals surface area contributed by atoms with Gasteiger partial charge in [-0.1, -0.05) is 138 Å². The van der Waals surface area contributed by atoms with E-state index in [-0.39, 0.29) is 0 Å². The van der Waals surface area contributed by atoms with Crippen LogP contribution in [0, 0.1) is 19.8 Å². The van der Waals surface area contributed by atoms with Gasteiger partial charge in [-0.2, -0.15) is 0 Å². The van der Waals surface area contributed by atoms with E-state index in [0.29, 0.717) is 5.92 Å². The lowest BCUT2D eigenvalue weighted by Crippen LogP contribution is -2.13. The molecule has 0 amide bonds. The summed E-state index contributed by atoms with van der Waals surface area (Å²) >= 11 is 0. The van der Waals surface area contributed by atoms with Crippen LogP contribution in [0.1, 0.15) is 132 Å². The van der Waals surface area contributed by atoms with Gasteiger partial charge in [-0.15, -0.1) is 0 Å². The fraction of sp³-hybridized carbons (Fsp3) is 0.625. The number of fused-ring (bicyclic) bond motifs is 3. The summed E-state index contributed by atoms with van der Waals surface area (Å²) in [6.07, 6.45) is 19.6. The molecule has 2 aromatic carbocycles. The van der Waals surface area contributed by atoms with Gasteiger partial charge in [0.25, 0.3) is 0 Å². The van der Waals surface area contributed by atoms with Crippen molar-refractivity contribution in [2.45, 2.75) is 124 Å². The molecular weight excluding hydrogens is 384 g/mol. The predicted octanol–water partition coefficient (Wildman–Crippen LogP) is 10.5. The molecule has 0 heterocycles. The minimum atomic E-state index is 0.603. The van der Waals surface area contributed by atoms with Gasteiger partial charge in [-0.3, -0.25) is 0 Å². The molecular formula is C32H48. The molecule has 0 N–H and O–H groups in total. The molecule has 176 valence electrons. The molecule has 1 aliphatic carbocycles. The van der Waals surface area contributed by atoms with E-state index in [0.717, 1.165) is 5.92 Å². The van der Waals surface area contributed by atoms with Crippen LogP contribution in [0.4, 0.5) is 0 Å². The molecule has 32 heavy (non-hydrogen) atoms. The van der Waals surface area contributed by atoms with Crippen molar-refractivity contribution in [3.05, 3.63) is 58.7 Å². The first-order chi connectivity index (χ1) is 15.7. The van der Waals surface area contributed by atoms with Crippen molar-refractivity contribution < 1.29 is 0 Å². The first kappa shape index (κ1) is 25.1. The van der Waals surface area contributed by atoms with Gasteiger partial charge in [0.15, 0.2) is 0 Å². The standard InChI is InChI=1S/C32H48/c1-5-7-9-11-13-15-17-27(18-16-14-12-10-8-6-2)32-30-23-25(3)19-21-28(30)29-22-20-26(4)24-31(29)32/h19-24,27,32H,5-18H2,1-4H3. The maximum atomic E-state index is 2.50. The van der Waals surface area contributed by atoms with Crippen molar-refractivity contribution in [3.63, 3.8) is 0 Å². The number of hydrogen-bond acceptors (Lipinski definition) is 0. The van der Waals surface area contributed by atoms with E-state index in [1.54, 1.807) is 11.1 Å². The molecule has 0 unspecified atom stereocenters. The highest BCUT2D eigenvalue weighted by Gasteiger charge is 2.34. The van der Waals surface area contributed by atoms with Crippen LogP contribution < -0.4 is 0 Å². The Labute approximate surface area is 199 Å². The summed E-state index contributed by atoms with van der Waals surface area (Å²) in [5.41, 5.74) is 9.07. The topological polar surface area (TPSA) is 0 Å². The molecule has 0 bridgehead atoms. The van der Waals surface area contributed by atoms with E-state index < -0.39 is 0 Å². The van der Waals surface area contributed by atoms with Crippen LogP contribution in [0.3, 0.4) is 0 Å². The molecule has 1 aliphatic rings. The zero-order chi connectivity index (χ0) is 22.8. The summed E-state index contributed by atoms with van der Waals surface area (Å²) in [4.78, 5) is 0. The van der Waals surface area contributed by atoms with Gasteiger partial charge in [-0.05, 0) is 54.9 Å². The Bertz CT molecular complexity index is 747. The highest BCUT2D eigenvalue weighted by Crippen LogP contribution is 2.51. The van der Waals surface area contributed by atoms with Crippen molar-refractivity contribution in [3.8, 4) is 11.1 Å². The van der Waals surface area contributed by atoms with Crippen LogP contribution in [-0.2, 0) is 0 Å². The molecule has 0 saturated heterocycles. The highest BCUT2D eigenvalue weighted by molar-refractivity contribution is 5.79. The second-order valence-electron chi connectivity index (χ2n) is 10.5. The van der Waals surface area contributed by atoms with Crippen LogP contribution >= 0.6 is 0 Å². The third-order valence-electron chi connectivity index (χ3n) is 7.70. The Morgan fingerprint density at radius 2 is 0.969 bits per heavy atom. The second kappa shape index (κ2) is 13.2. The molecule has 0 heteroatoms. The van der Waals surface area contributed by atoms with Crippen molar-refractivity contribution in [1.82, 2.24) is 0 Å². The van der Waals surface area contributed by atoms with Crippen LogP contribution in [-0.4, -0.2) is 0 Å². The largest absolute Gasteiger partial charge is 0.0654 e. The van der Waals surface area contributed by atoms with Gasteiger partial charge in [0.05, 0.1) is 0 Å². The van der Waals surface area contributed by atoms with Gasteiger partial charge in [-0.25, -0.2) is 0 Å². The molecule has 0 saturated carbocycles. The molecule has 0 spiro atoms. The molecule has 0 nitrogen and oxygen atoms in total. The fourth-order valence-electron chi connectivity index (χ4n) is 5.90. The lowest BCUT2D eigenvalue weighted by atomic mass is 9.77. The lowest BCUT2D eigenvalue weighted by Gasteiger charge is -2.26. The van der Waals surface area contributed by atoms with E-state index in [9.17, 15) is 0 Å². The number of unbranched alkanes of at least 4 members (excludes halogenated alkanes) is 10. The highest BCUT2D eigenvalue weighted by atomic mass is 14.4. The Kier molecular flexibility index (Phi) is 10.4. The molecule has 0 aromatic heterocycles. The summed E-state index contributed by atoms with van der Waals surface area (Å²) in [7, 11) is 0. The van der Waals surface area contributed by atoms with E-state index in [4.69, 9.17) is 0 Å². The van der Waals surface area contributed by atoms with E-state index >= 15 is 0 Å². The summed E-state index contributed by atoms with van der Waals surface area (Å²) in [6.45, 7) is 9.16. The van der Waals surface area contributed by atoms with Crippen molar-refractivity contribution in [1.29, 1.82) is 0 Å². The SMILES string of the molecule is CCCCCCCCC(CCCCCCCC)C1c2cc(C)ccc2-c2ccc(C)cc21. The first-order valence-corrected chi connectivity index (χ1v) is 13.9. The molecule has 0 atom stereocenters. The Morgan fingerprint density at radius 3 is 1.41 bits per heavy atom. The third-order valence-corrected chi connectivity index (χ3v) is 7.70. The summed E-state index contributed by atoms with van der Waals surface area (Å²) in [6, 6.07) is 14.4. The molecule has 0 aliphatic heterocycles. The van der Waals surface area contributed by atoms with Gasteiger partial charge >= 0.3 is 0 Å². The maximum absolute atomic E-state index is 2.50. The number of rotatable bonds is 15. The van der Waals surface area contributed by atoms with Gasteiger partial charge in [0, 0.05) is 5.92 Å². The van der Waals surface area contributed by atoms with Crippen LogP contribution in [0.15, 0.2) is 36.4 Å². The molecule has 3 rings (SSSR count). The summed E-state index contributed by atoms with van der Waals surface area (Å²) < 4.78 is 0. The smallest absolute Gasteiger partial charge is 0.0130 e. The van der Waals surface area contributed by atoms with Crippen LogP contribution in [0.5, 0.6) is 0 Å². The van der Waals surface area contributed by atoms with Crippen molar-refractivity contribution >= 4 is 0 Å². The monoisotopic (exact) mass is 432 g/mol. The quantitative estimate of drug-likeness (QED) is 0.245. The second-order valence-corrected chi connectivity index (χ2v) is 10.5. The normalized spacial score (nSPS) is 13.0. The zero-order valence-electron chi connectivity index (χ0n) is 21.5. The van der Waals surface area contributed by atoms with Gasteiger partial charge < -0.3 is 0 Å². The number of aryl methyl sites for hydroxylation is 2. The predicted molar refractivity (Wildman–Crippen MR) is 143 cm³/mol. The third kappa shape index (κ3) is 6.72. The van der Waals surface area contributed by atoms with Crippen LogP contribution in [0.25, 0.3) is 11.1 Å². The molecule has 0 radical (unpaired) electrons. The average molecular weight is 433 g/mol. The van der Waals surface area contributed by atoms with E-state index in [1.165, 1.54) is 112 Å². The lowest BCUT2D eigenvalue weighted by molar-refractivity contribution is 0.371. The Hall–Kier alpha value is -1.56. The minimum Gasteiger partial charge on any atom is -0.0654 e. The Balaban J connectivity index is 1.76. The summed E-state index contributed by atoms with van der Waals surface area (Å²) in [5.74, 6) is 1.39. The van der Waals surface area contributed by atoms with Gasteiger partial charge in [0.1, 0.15) is 0 Å². The average Bonchev–Trinajstić information content (AvgIpc) is 3.09. The molecule has 2 aromatic rings. The Morgan fingerprint density at radius 1 is 0.562 bits per heavy atom. The fourth-order valence-corrected chi connectivity index (χ4v) is 5.90. The number of benzene rings is 2. The minimum absolute atomic E-state index is 0.603. The van der Waals surface area contributed by atoms with Gasteiger partial charge in [0.2, 0.25) is 0 Å². The van der Waals surface area contributed by atoms with Crippen molar-refractivity contribution in [2.24, 2.45) is 5.92 Å². The van der Waals surface area contributed by atoms with E-state index in [2.05, 4.69) is 64.1 Å². The number of hydrogen-bond donors (Lipinski definition) is 0. The maximum Gasteiger partial charge on any atom is 0.0130 e. The first-order valence-electron chi connectivity index (χ1n) is 13.9.